The van der Waals surface area contributed by atoms with Gasteiger partial charge in [-0.25, -0.2) is 9.97 Å². The summed E-state index contributed by atoms with van der Waals surface area (Å²) < 4.78 is 0. The molecule has 0 radical (unpaired) electrons. The molecular weight excluding hydrogens is 271 g/mol. The zero-order valence-corrected chi connectivity index (χ0v) is 10.4. The molecule has 4 rings (SSSR count). The Hall–Kier alpha value is -1.78. The fourth-order valence-electron chi connectivity index (χ4n) is 2.27. The summed E-state index contributed by atoms with van der Waals surface area (Å²) in [6.07, 6.45) is 0. The normalized spacial score (nSPS) is 11.9. The van der Waals surface area contributed by atoms with Gasteiger partial charge in [0.1, 0.15) is 0 Å². The predicted octanol–water partition coefficient (Wildman–Crippen LogP) is 3.37. The summed E-state index contributed by atoms with van der Waals surface area (Å²) in [7, 11) is 0. The number of rotatable bonds is 0. The first-order valence-corrected chi connectivity index (χ1v) is 6.00. The molecule has 0 fully saturated rings. The second-order valence-corrected chi connectivity index (χ2v) is 4.60. The molecule has 0 spiro atoms. The molecular formula is C12H4Cl2N4. The zero-order chi connectivity index (χ0) is 12.3. The molecule has 0 bridgehead atoms. The van der Waals surface area contributed by atoms with Crippen LogP contribution in [0.1, 0.15) is 0 Å². The van der Waals surface area contributed by atoms with Crippen molar-refractivity contribution in [3.05, 3.63) is 34.8 Å². The molecule has 18 heavy (non-hydrogen) atoms. The SMILES string of the molecule is Clc1nc2c3c(nc(Cl)nc3n1)-c1ccccc1-2. The molecule has 0 saturated heterocycles. The van der Waals surface area contributed by atoms with Gasteiger partial charge in [-0.2, -0.15) is 9.97 Å². The zero-order valence-electron chi connectivity index (χ0n) is 8.85. The average Bonchev–Trinajstić information content (AvgIpc) is 2.65. The lowest BCUT2D eigenvalue weighted by molar-refractivity contribution is 1.15. The molecule has 1 aliphatic carbocycles. The van der Waals surface area contributed by atoms with Crippen molar-refractivity contribution in [2.24, 2.45) is 0 Å². The smallest absolute Gasteiger partial charge is 0.217 e. The molecule has 0 unspecified atom stereocenters. The van der Waals surface area contributed by atoms with Gasteiger partial charge in [-0.05, 0) is 23.2 Å². The number of fused-ring (bicyclic) bond motifs is 3. The molecule has 0 amide bonds. The van der Waals surface area contributed by atoms with Gasteiger partial charge in [0, 0.05) is 11.1 Å². The maximum absolute atomic E-state index is 5.92. The Morgan fingerprint density at radius 3 is 1.72 bits per heavy atom. The molecule has 1 aliphatic rings. The van der Waals surface area contributed by atoms with Crippen molar-refractivity contribution in [1.29, 1.82) is 0 Å². The standard InChI is InChI=1S/C12H4Cl2N4/c13-11-15-8-5-3-1-2-4-6(5)9-7(8)10(17-11)18-12(14)16-9/h1-4H. The molecule has 6 heteroatoms. The molecule has 3 aromatic rings. The predicted molar refractivity (Wildman–Crippen MR) is 69.6 cm³/mol. The van der Waals surface area contributed by atoms with Gasteiger partial charge >= 0.3 is 0 Å². The van der Waals surface area contributed by atoms with E-state index in [1.165, 1.54) is 0 Å². The first-order valence-electron chi connectivity index (χ1n) is 5.24. The lowest BCUT2D eigenvalue weighted by Gasteiger charge is -2.00. The van der Waals surface area contributed by atoms with E-state index in [1.54, 1.807) is 0 Å². The highest BCUT2D eigenvalue weighted by molar-refractivity contribution is 6.30. The monoisotopic (exact) mass is 274 g/mol. The molecule has 0 saturated carbocycles. The Balaban J connectivity index is 2.29. The topological polar surface area (TPSA) is 51.6 Å². The third-order valence-electron chi connectivity index (χ3n) is 2.94. The second kappa shape index (κ2) is 3.37. The third kappa shape index (κ3) is 1.22. The number of hydrogen-bond donors (Lipinski definition) is 0. The van der Waals surface area contributed by atoms with Crippen LogP contribution in [0.2, 0.25) is 10.6 Å². The minimum atomic E-state index is 0.162. The maximum Gasteiger partial charge on any atom is 0.225 e. The highest BCUT2D eigenvalue weighted by Gasteiger charge is 2.26. The summed E-state index contributed by atoms with van der Waals surface area (Å²) in [5, 5.41) is 1.13. The summed E-state index contributed by atoms with van der Waals surface area (Å²) in [6.45, 7) is 0. The lowest BCUT2D eigenvalue weighted by Crippen LogP contribution is -1.93. The third-order valence-corrected chi connectivity index (χ3v) is 3.28. The van der Waals surface area contributed by atoms with Crippen LogP contribution in [0, 0.1) is 0 Å². The van der Waals surface area contributed by atoms with Crippen molar-refractivity contribution in [2.75, 3.05) is 0 Å². The number of hydrogen-bond acceptors (Lipinski definition) is 4. The largest absolute Gasteiger partial charge is 0.225 e. The number of nitrogens with zero attached hydrogens (tertiary/aromatic N) is 4. The van der Waals surface area contributed by atoms with Gasteiger partial charge in [-0.1, -0.05) is 24.3 Å². The van der Waals surface area contributed by atoms with Crippen molar-refractivity contribution >= 4 is 34.2 Å². The Bertz CT molecular complexity index is 753. The first-order chi connectivity index (χ1) is 8.74. The van der Waals surface area contributed by atoms with E-state index in [1.807, 2.05) is 24.3 Å². The lowest BCUT2D eigenvalue weighted by atomic mass is 10.1. The van der Waals surface area contributed by atoms with E-state index in [4.69, 9.17) is 23.2 Å². The highest BCUT2D eigenvalue weighted by Crippen LogP contribution is 2.44. The molecule has 0 aliphatic heterocycles. The van der Waals surface area contributed by atoms with E-state index in [9.17, 15) is 0 Å². The molecule has 2 aromatic heterocycles. The minimum absolute atomic E-state index is 0.162. The van der Waals surface area contributed by atoms with Crippen LogP contribution in [0.4, 0.5) is 0 Å². The van der Waals surface area contributed by atoms with E-state index in [0.29, 0.717) is 5.65 Å². The molecule has 0 N–H and O–H groups in total. The molecule has 2 heterocycles. The van der Waals surface area contributed by atoms with Gasteiger partial charge in [-0.3, -0.25) is 0 Å². The van der Waals surface area contributed by atoms with Crippen LogP contribution in [0.15, 0.2) is 24.3 Å². The molecule has 1 aromatic carbocycles. The van der Waals surface area contributed by atoms with Crippen LogP contribution in [0.5, 0.6) is 0 Å². The van der Waals surface area contributed by atoms with E-state index in [0.717, 1.165) is 27.9 Å². The minimum Gasteiger partial charge on any atom is -0.217 e. The van der Waals surface area contributed by atoms with E-state index >= 15 is 0 Å². The van der Waals surface area contributed by atoms with Crippen molar-refractivity contribution in [2.45, 2.75) is 0 Å². The van der Waals surface area contributed by atoms with Crippen LogP contribution in [-0.4, -0.2) is 19.9 Å². The van der Waals surface area contributed by atoms with E-state index in [-0.39, 0.29) is 10.6 Å². The summed E-state index contributed by atoms with van der Waals surface area (Å²) in [4.78, 5) is 16.7. The van der Waals surface area contributed by atoms with Crippen LogP contribution >= 0.6 is 23.2 Å². The van der Waals surface area contributed by atoms with Gasteiger partial charge in [0.05, 0.1) is 16.8 Å². The fourth-order valence-corrected chi connectivity index (χ4v) is 2.60. The summed E-state index contributed by atoms with van der Waals surface area (Å²) >= 11 is 11.8. The molecule has 86 valence electrons. The quantitative estimate of drug-likeness (QED) is 0.462. The fraction of sp³-hybridized carbons (Fsp3) is 0. The summed E-state index contributed by atoms with van der Waals surface area (Å²) in [5.41, 5.74) is 3.99. The molecule has 0 atom stereocenters. The van der Waals surface area contributed by atoms with Gasteiger partial charge in [0.15, 0.2) is 5.65 Å². The van der Waals surface area contributed by atoms with Crippen LogP contribution < -0.4 is 0 Å². The van der Waals surface area contributed by atoms with E-state index in [2.05, 4.69) is 19.9 Å². The second-order valence-electron chi connectivity index (χ2n) is 3.93. The van der Waals surface area contributed by atoms with Gasteiger partial charge in [0.25, 0.3) is 0 Å². The van der Waals surface area contributed by atoms with E-state index < -0.39 is 0 Å². The van der Waals surface area contributed by atoms with Gasteiger partial charge in [-0.15, -0.1) is 0 Å². The van der Waals surface area contributed by atoms with Crippen LogP contribution in [0.3, 0.4) is 0 Å². The van der Waals surface area contributed by atoms with Crippen molar-refractivity contribution in [1.82, 2.24) is 19.9 Å². The van der Waals surface area contributed by atoms with Crippen molar-refractivity contribution < 1.29 is 0 Å². The average molecular weight is 275 g/mol. The van der Waals surface area contributed by atoms with Gasteiger partial charge in [0.2, 0.25) is 10.6 Å². The summed E-state index contributed by atoms with van der Waals surface area (Å²) in [6, 6.07) is 7.84. The van der Waals surface area contributed by atoms with Crippen molar-refractivity contribution in [3.63, 3.8) is 0 Å². The maximum atomic E-state index is 5.92. The molecule has 4 nitrogen and oxygen atoms in total. The Labute approximate surface area is 112 Å². The highest BCUT2D eigenvalue weighted by atomic mass is 35.5. The number of benzene rings is 1. The van der Waals surface area contributed by atoms with Crippen LogP contribution in [0.25, 0.3) is 33.5 Å². The number of halogens is 2. The van der Waals surface area contributed by atoms with Gasteiger partial charge < -0.3 is 0 Å². The van der Waals surface area contributed by atoms with Crippen LogP contribution in [-0.2, 0) is 0 Å². The Kier molecular flexibility index (Phi) is 1.90. The Morgan fingerprint density at radius 1 is 0.722 bits per heavy atom. The van der Waals surface area contributed by atoms with Crippen molar-refractivity contribution in [3.8, 4) is 22.5 Å². The first kappa shape index (κ1) is 10.2. The Morgan fingerprint density at radius 2 is 1.22 bits per heavy atom. The summed E-state index contributed by atoms with van der Waals surface area (Å²) in [5.74, 6) is 0. The number of aromatic nitrogens is 4.